The second-order valence-electron chi connectivity index (χ2n) is 6.48. The number of hydrogen-bond acceptors (Lipinski definition) is 3. The van der Waals surface area contributed by atoms with E-state index in [4.69, 9.17) is 0 Å². The van der Waals surface area contributed by atoms with Crippen LogP contribution in [-0.2, 0) is 0 Å². The maximum atomic E-state index is 12.4. The highest BCUT2D eigenvalue weighted by molar-refractivity contribution is 7.16. The third kappa shape index (κ3) is 1.59. The molecule has 21 heavy (non-hydrogen) atoms. The monoisotopic (exact) mass is 296 g/mol. The number of thiophene rings is 1. The Morgan fingerprint density at radius 1 is 1.19 bits per heavy atom. The van der Waals surface area contributed by atoms with E-state index in [1.807, 2.05) is 35.9 Å². The molecule has 2 aromatic heterocycles. The fourth-order valence-corrected chi connectivity index (χ4v) is 6.00. The number of aromatic nitrogens is 1. The Morgan fingerprint density at radius 2 is 2.00 bits per heavy atom. The first-order valence-corrected chi connectivity index (χ1v) is 8.48. The summed E-state index contributed by atoms with van der Waals surface area (Å²) in [6.07, 6.45) is 7.56. The van der Waals surface area contributed by atoms with Crippen LogP contribution in [0.2, 0.25) is 0 Å². The molecule has 2 fully saturated rings. The van der Waals surface area contributed by atoms with Crippen molar-refractivity contribution in [2.75, 3.05) is 0 Å². The zero-order valence-corrected chi connectivity index (χ0v) is 12.4. The lowest BCUT2D eigenvalue weighted by molar-refractivity contribution is 0.0898. The van der Waals surface area contributed by atoms with Gasteiger partial charge in [0.15, 0.2) is 0 Å². The first-order chi connectivity index (χ1) is 10.3. The van der Waals surface area contributed by atoms with E-state index in [0.717, 1.165) is 17.0 Å². The van der Waals surface area contributed by atoms with E-state index in [9.17, 15) is 4.79 Å². The quantitative estimate of drug-likeness (QED) is 0.876. The van der Waals surface area contributed by atoms with Crippen LogP contribution >= 0.6 is 11.3 Å². The van der Waals surface area contributed by atoms with Crippen LogP contribution in [0.15, 0.2) is 30.6 Å². The van der Waals surface area contributed by atoms with Gasteiger partial charge < -0.3 is 5.32 Å². The minimum Gasteiger partial charge on any atom is -0.348 e. The summed E-state index contributed by atoms with van der Waals surface area (Å²) in [5.74, 6) is 2.19. The fraction of sp³-hybridized carbons (Fsp3) is 0.412. The Hall–Kier alpha value is -1.68. The zero-order valence-electron chi connectivity index (χ0n) is 11.6. The summed E-state index contributed by atoms with van der Waals surface area (Å²) in [5.41, 5.74) is 2.08. The zero-order chi connectivity index (χ0) is 14.0. The summed E-state index contributed by atoms with van der Waals surface area (Å²) in [5, 5.41) is 3.29. The van der Waals surface area contributed by atoms with Crippen molar-refractivity contribution in [3.05, 3.63) is 41.0 Å². The molecule has 2 aliphatic carbocycles. The molecule has 0 radical (unpaired) electrons. The summed E-state index contributed by atoms with van der Waals surface area (Å²) < 4.78 is 0. The molecule has 5 rings (SSSR count). The van der Waals surface area contributed by atoms with E-state index in [0.29, 0.717) is 17.9 Å². The van der Waals surface area contributed by atoms with Gasteiger partial charge in [-0.05, 0) is 54.9 Å². The van der Waals surface area contributed by atoms with Gasteiger partial charge in [0, 0.05) is 34.1 Å². The molecule has 0 saturated heterocycles. The summed E-state index contributed by atoms with van der Waals surface area (Å²) in [7, 11) is 0. The molecular weight excluding hydrogens is 280 g/mol. The van der Waals surface area contributed by atoms with Crippen LogP contribution in [0.4, 0.5) is 0 Å². The van der Waals surface area contributed by atoms with E-state index >= 15 is 0 Å². The van der Waals surface area contributed by atoms with Crippen molar-refractivity contribution in [1.29, 1.82) is 0 Å². The van der Waals surface area contributed by atoms with E-state index in [-0.39, 0.29) is 5.91 Å². The summed E-state index contributed by atoms with van der Waals surface area (Å²) in [6.45, 7) is 0. The van der Waals surface area contributed by atoms with Gasteiger partial charge in [0.2, 0.25) is 0 Å². The molecule has 3 heterocycles. The van der Waals surface area contributed by atoms with Gasteiger partial charge in [-0.25, -0.2) is 0 Å². The van der Waals surface area contributed by atoms with Crippen LogP contribution in [0.1, 0.15) is 40.4 Å². The van der Waals surface area contributed by atoms with Crippen molar-refractivity contribution in [3.8, 4) is 10.4 Å². The van der Waals surface area contributed by atoms with Crippen molar-refractivity contribution < 1.29 is 4.79 Å². The minimum atomic E-state index is 0.135. The van der Waals surface area contributed by atoms with Gasteiger partial charge in [-0.15, -0.1) is 11.3 Å². The molecule has 1 aliphatic heterocycles. The molecule has 3 aliphatic rings. The Labute approximate surface area is 127 Å². The third-order valence-corrected chi connectivity index (χ3v) is 6.77. The topological polar surface area (TPSA) is 42.0 Å². The smallest absolute Gasteiger partial charge is 0.252 e. The Morgan fingerprint density at radius 3 is 2.86 bits per heavy atom. The van der Waals surface area contributed by atoms with Gasteiger partial charge in [0.25, 0.3) is 5.91 Å². The van der Waals surface area contributed by atoms with Crippen LogP contribution in [0, 0.1) is 11.8 Å². The lowest BCUT2D eigenvalue weighted by atomic mass is 9.80. The molecule has 106 valence electrons. The van der Waals surface area contributed by atoms with Crippen LogP contribution in [0.25, 0.3) is 10.4 Å². The van der Waals surface area contributed by atoms with Gasteiger partial charge in [0.1, 0.15) is 0 Å². The van der Waals surface area contributed by atoms with Crippen molar-refractivity contribution in [1.82, 2.24) is 10.3 Å². The van der Waals surface area contributed by atoms with Crippen LogP contribution < -0.4 is 5.32 Å². The van der Waals surface area contributed by atoms with E-state index in [2.05, 4.69) is 16.4 Å². The molecule has 2 bridgehead atoms. The van der Waals surface area contributed by atoms with Crippen LogP contribution in [-0.4, -0.2) is 16.9 Å². The molecule has 2 saturated carbocycles. The average Bonchev–Trinajstić information content (AvgIpc) is 3.22. The number of nitrogens with one attached hydrogen (secondary N) is 1. The average molecular weight is 296 g/mol. The van der Waals surface area contributed by atoms with Gasteiger partial charge in [-0.2, -0.15) is 0 Å². The van der Waals surface area contributed by atoms with Crippen molar-refractivity contribution in [2.45, 2.75) is 31.2 Å². The maximum absolute atomic E-state index is 12.4. The lowest BCUT2D eigenvalue weighted by Gasteiger charge is -2.35. The number of amides is 1. The van der Waals surface area contributed by atoms with Gasteiger partial charge in [0.05, 0.1) is 5.56 Å². The number of pyridine rings is 1. The lowest BCUT2D eigenvalue weighted by Crippen LogP contribution is -2.46. The Kier molecular flexibility index (Phi) is 2.37. The number of nitrogens with zero attached hydrogens (tertiary/aromatic N) is 1. The summed E-state index contributed by atoms with van der Waals surface area (Å²) >= 11 is 1.82. The molecule has 1 amide bonds. The number of rotatable bonds is 1. The minimum absolute atomic E-state index is 0.135. The molecule has 0 aromatic carbocycles. The SMILES string of the molecule is O=C1N[C@H]2[C@@H]3CC[C@@H](C3)[C@H]2c2sc(-c3ccncc3)cc21. The van der Waals surface area contributed by atoms with Crippen molar-refractivity contribution in [2.24, 2.45) is 11.8 Å². The Balaban J connectivity index is 1.64. The predicted molar refractivity (Wildman–Crippen MR) is 82.4 cm³/mol. The van der Waals surface area contributed by atoms with E-state index < -0.39 is 0 Å². The summed E-state index contributed by atoms with van der Waals surface area (Å²) in [6, 6.07) is 6.51. The van der Waals surface area contributed by atoms with Crippen LogP contribution in [0.3, 0.4) is 0 Å². The first kappa shape index (κ1) is 11.9. The van der Waals surface area contributed by atoms with E-state index in [1.165, 1.54) is 29.0 Å². The predicted octanol–water partition coefficient (Wildman–Crippen LogP) is 3.44. The normalized spacial score (nSPS) is 32.7. The number of hydrogen-bond donors (Lipinski definition) is 1. The van der Waals surface area contributed by atoms with Gasteiger partial charge in [-0.3, -0.25) is 9.78 Å². The standard InChI is InChI=1S/C17H16N2OS/c20-17-12-8-13(9-3-5-18-6-4-9)21-16(12)14-10-1-2-11(7-10)15(14)19-17/h3-6,8,10-11,14-15H,1-2,7H2,(H,19,20)/t10-,11+,14+,15-/m0/s1. The highest BCUT2D eigenvalue weighted by Crippen LogP contribution is 2.57. The van der Waals surface area contributed by atoms with Crippen molar-refractivity contribution >= 4 is 17.2 Å². The fourth-order valence-electron chi connectivity index (χ4n) is 4.59. The first-order valence-electron chi connectivity index (χ1n) is 7.66. The molecule has 0 spiro atoms. The number of carbonyl (C=O) groups is 1. The van der Waals surface area contributed by atoms with Crippen LogP contribution in [0.5, 0.6) is 0 Å². The number of fused-ring (bicyclic) bond motifs is 7. The maximum Gasteiger partial charge on any atom is 0.252 e. The molecule has 0 unspecified atom stereocenters. The van der Waals surface area contributed by atoms with Gasteiger partial charge in [-0.1, -0.05) is 0 Å². The molecule has 4 heteroatoms. The molecule has 4 atom stereocenters. The molecule has 1 N–H and O–H groups in total. The second-order valence-corrected chi connectivity index (χ2v) is 7.57. The molecule has 3 nitrogen and oxygen atoms in total. The third-order valence-electron chi connectivity index (χ3n) is 5.49. The second kappa shape index (κ2) is 4.17. The van der Waals surface area contributed by atoms with Crippen molar-refractivity contribution in [3.63, 3.8) is 0 Å². The van der Waals surface area contributed by atoms with E-state index in [1.54, 1.807) is 0 Å². The largest absolute Gasteiger partial charge is 0.348 e. The number of carbonyl (C=O) groups excluding carboxylic acids is 1. The highest BCUT2D eigenvalue weighted by atomic mass is 32.1. The molecule has 2 aromatic rings. The Bertz CT molecular complexity index is 724. The molecular formula is C17H16N2OS. The summed E-state index contributed by atoms with van der Waals surface area (Å²) in [4.78, 5) is 19.0. The highest BCUT2D eigenvalue weighted by Gasteiger charge is 2.52. The van der Waals surface area contributed by atoms with Gasteiger partial charge >= 0.3 is 0 Å².